The van der Waals surface area contributed by atoms with E-state index < -0.39 is 5.69 Å². The Balaban J connectivity index is 1.71. The maximum Gasteiger partial charge on any atom is 0.333 e. The molecule has 0 aromatic carbocycles. The molecule has 172 valence electrons. The van der Waals surface area contributed by atoms with Crippen LogP contribution in [0.3, 0.4) is 0 Å². The number of fused-ring (bicyclic) bond motifs is 2. The van der Waals surface area contributed by atoms with Gasteiger partial charge in [0.1, 0.15) is 5.65 Å². The second-order valence-electron chi connectivity index (χ2n) is 8.91. The molecule has 9 heteroatoms. The van der Waals surface area contributed by atoms with E-state index in [4.69, 9.17) is 0 Å². The van der Waals surface area contributed by atoms with Crippen molar-refractivity contribution in [2.75, 3.05) is 0 Å². The minimum absolute atomic E-state index is 0.0599. The largest absolute Gasteiger partial charge is 0.333 e. The van der Waals surface area contributed by atoms with E-state index in [0.29, 0.717) is 29.0 Å². The number of aryl methyl sites for hydroxylation is 2. The van der Waals surface area contributed by atoms with Crippen molar-refractivity contribution in [3.05, 3.63) is 73.2 Å². The first-order valence-corrected chi connectivity index (χ1v) is 11.7. The van der Waals surface area contributed by atoms with Gasteiger partial charge in [-0.1, -0.05) is 32.3 Å². The highest BCUT2D eigenvalue weighted by Crippen LogP contribution is 2.31. The van der Waals surface area contributed by atoms with Crippen LogP contribution in [0.15, 0.2) is 45.1 Å². The monoisotopic (exact) mass is 448 g/mol. The molecule has 0 saturated heterocycles. The molecule has 0 atom stereocenters. The van der Waals surface area contributed by atoms with E-state index in [1.54, 1.807) is 23.2 Å². The first-order chi connectivity index (χ1) is 16.0. The van der Waals surface area contributed by atoms with Gasteiger partial charge in [0, 0.05) is 24.8 Å². The molecule has 1 saturated carbocycles. The van der Waals surface area contributed by atoms with Gasteiger partial charge in [0.2, 0.25) is 0 Å². The highest BCUT2D eigenvalue weighted by atomic mass is 16.2. The second kappa shape index (κ2) is 8.46. The van der Waals surface area contributed by atoms with E-state index in [9.17, 15) is 14.4 Å². The van der Waals surface area contributed by atoms with Gasteiger partial charge in [0.25, 0.3) is 11.1 Å². The average molecular weight is 449 g/mol. The van der Waals surface area contributed by atoms with Crippen molar-refractivity contribution in [1.82, 2.24) is 28.1 Å². The molecule has 33 heavy (non-hydrogen) atoms. The van der Waals surface area contributed by atoms with Crippen molar-refractivity contribution in [3.63, 3.8) is 0 Å². The van der Waals surface area contributed by atoms with Crippen LogP contribution in [0.1, 0.15) is 62.7 Å². The van der Waals surface area contributed by atoms with Crippen LogP contribution in [0.4, 0.5) is 0 Å². The highest BCUT2D eigenvalue weighted by Gasteiger charge is 2.24. The van der Waals surface area contributed by atoms with Gasteiger partial charge in [-0.25, -0.2) is 14.8 Å². The predicted molar refractivity (Wildman–Crippen MR) is 126 cm³/mol. The van der Waals surface area contributed by atoms with Crippen LogP contribution in [0, 0.1) is 6.92 Å². The normalized spacial score (nSPS) is 14.6. The molecule has 5 rings (SSSR count). The summed E-state index contributed by atoms with van der Waals surface area (Å²) >= 11 is 0. The van der Waals surface area contributed by atoms with Crippen molar-refractivity contribution in [3.8, 4) is 0 Å². The quantitative estimate of drug-likeness (QED) is 0.452. The van der Waals surface area contributed by atoms with E-state index in [1.165, 1.54) is 15.0 Å². The zero-order chi connectivity index (χ0) is 23.1. The molecule has 1 fully saturated rings. The van der Waals surface area contributed by atoms with E-state index in [0.717, 1.165) is 44.1 Å². The standard InChI is InChI=1S/C24H28N6O3/c1-3-4-11-28-22-20(30(15-25-22)18-9-5-6-10-18)23(32)29(24(28)33)14-17-13-19(31)27-12-7-8-16(2)21(27)26-17/h7-8,12-13,15,18H,3-6,9-11,14H2,1-2H3. The zero-order valence-corrected chi connectivity index (χ0v) is 19.0. The smallest absolute Gasteiger partial charge is 0.322 e. The maximum absolute atomic E-state index is 13.6. The van der Waals surface area contributed by atoms with Crippen LogP contribution in [0.2, 0.25) is 0 Å². The van der Waals surface area contributed by atoms with Crippen LogP contribution >= 0.6 is 0 Å². The van der Waals surface area contributed by atoms with Crippen molar-refractivity contribution < 1.29 is 0 Å². The van der Waals surface area contributed by atoms with E-state index >= 15 is 0 Å². The van der Waals surface area contributed by atoms with Crippen molar-refractivity contribution in [1.29, 1.82) is 0 Å². The lowest BCUT2D eigenvalue weighted by Crippen LogP contribution is -2.41. The fourth-order valence-electron chi connectivity index (χ4n) is 4.87. The summed E-state index contributed by atoms with van der Waals surface area (Å²) in [6, 6.07) is 5.29. The van der Waals surface area contributed by atoms with Crippen LogP contribution in [-0.4, -0.2) is 28.1 Å². The average Bonchev–Trinajstić information content (AvgIpc) is 3.47. The van der Waals surface area contributed by atoms with Gasteiger partial charge in [-0.05, 0) is 37.8 Å². The van der Waals surface area contributed by atoms with Crippen LogP contribution < -0.4 is 16.8 Å². The topological polar surface area (TPSA) is 96.2 Å². The Labute approximate surface area is 190 Å². The number of hydrogen-bond acceptors (Lipinski definition) is 5. The predicted octanol–water partition coefficient (Wildman–Crippen LogP) is 2.64. The summed E-state index contributed by atoms with van der Waals surface area (Å²) in [6.45, 7) is 4.36. The van der Waals surface area contributed by atoms with Crippen LogP contribution in [0.25, 0.3) is 16.8 Å². The Morgan fingerprint density at radius 3 is 2.64 bits per heavy atom. The molecule has 0 bridgehead atoms. The molecule has 4 aromatic rings. The Hall–Kier alpha value is -3.49. The molecule has 1 aliphatic rings. The summed E-state index contributed by atoms with van der Waals surface area (Å²) in [6.07, 6.45) is 9.34. The number of nitrogens with zero attached hydrogens (tertiary/aromatic N) is 6. The van der Waals surface area contributed by atoms with Gasteiger partial charge in [0.05, 0.1) is 18.6 Å². The van der Waals surface area contributed by atoms with E-state index in [2.05, 4.69) is 16.9 Å². The van der Waals surface area contributed by atoms with Gasteiger partial charge < -0.3 is 4.57 Å². The number of aromatic nitrogens is 6. The minimum Gasteiger partial charge on any atom is -0.322 e. The molecule has 0 aliphatic heterocycles. The van der Waals surface area contributed by atoms with Crippen LogP contribution in [0.5, 0.6) is 0 Å². The third-order valence-corrected chi connectivity index (χ3v) is 6.65. The summed E-state index contributed by atoms with van der Waals surface area (Å²) in [4.78, 5) is 48.8. The summed E-state index contributed by atoms with van der Waals surface area (Å²) in [5, 5.41) is 0. The van der Waals surface area contributed by atoms with Gasteiger partial charge in [-0.2, -0.15) is 0 Å². The zero-order valence-electron chi connectivity index (χ0n) is 19.0. The number of rotatable bonds is 6. The molecule has 0 amide bonds. The lowest BCUT2D eigenvalue weighted by Gasteiger charge is -2.15. The number of unbranched alkanes of at least 4 members (excludes halogenated alkanes) is 1. The lowest BCUT2D eigenvalue weighted by molar-refractivity contribution is 0.524. The summed E-state index contributed by atoms with van der Waals surface area (Å²) in [7, 11) is 0. The summed E-state index contributed by atoms with van der Waals surface area (Å²) in [5.74, 6) is 0. The third kappa shape index (κ3) is 3.61. The third-order valence-electron chi connectivity index (χ3n) is 6.65. The highest BCUT2D eigenvalue weighted by molar-refractivity contribution is 5.70. The first kappa shape index (κ1) is 21.4. The summed E-state index contributed by atoms with van der Waals surface area (Å²) in [5.41, 5.74) is 1.64. The van der Waals surface area contributed by atoms with Crippen molar-refractivity contribution >= 4 is 16.8 Å². The molecule has 1 aliphatic carbocycles. The summed E-state index contributed by atoms with van der Waals surface area (Å²) < 4.78 is 6.24. The molecule has 0 radical (unpaired) electrons. The molecule has 4 aromatic heterocycles. The van der Waals surface area contributed by atoms with Gasteiger partial charge in [-0.3, -0.25) is 23.1 Å². The van der Waals surface area contributed by atoms with Gasteiger partial charge in [0.15, 0.2) is 11.2 Å². The Bertz CT molecular complexity index is 1520. The fraction of sp³-hybridized carbons (Fsp3) is 0.458. The molecular formula is C24H28N6O3. The van der Waals surface area contributed by atoms with E-state index in [-0.39, 0.29) is 23.7 Å². The number of hydrogen-bond donors (Lipinski definition) is 0. The molecule has 0 unspecified atom stereocenters. The first-order valence-electron chi connectivity index (χ1n) is 11.7. The lowest BCUT2D eigenvalue weighted by atomic mass is 10.2. The van der Waals surface area contributed by atoms with Gasteiger partial charge in [-0.15, -0.1) is 0 Å². The SMILES string of the molecule is CCCCn1c(=O)n(Cc2cc(=O)n3cccc(C)c3n2)c(=O)c2c1ncn2C1CCCC1. The molecule has 0 spiro atoms. The minimum atomic E-state index is -0.413. The Morgan fingerprint density at radius 1 is 1.09 bits per heavy atom. The molecular weight excluding hydrogens is 420 g/mol. The number of pyridine rings is 1. The Kier molecular flexibility index (Phi) is 5.47. The van der Waals surface area contributed by atoms with Gasteiger partial charge >= 0.3 is 5.69 Å². The fourth-order valence-corrected chi connectivity index (χ4v) is 4.87. The second-order valence-corrected chi connectivity index (χ2v) is 8.91. The molecule has 0 N–H and O–H groups in total. The van der Waals surface area contributed by atoms with Crippen LogP contribution in [-0.2, 0) is 13.1 Å². The van der Waals surface area contributed by atoms with Crippen molar-refractivity contribution in [2.24, 2.45) is 0 Å². The van der Waals surface area contributed by atoms with E-state index in [1.807, 2.05) is 17.6 Å². The maximum atomic E-state index is 13.6. The molecule has 4 heterocycles. The Morgan fingerprint density at radius 2 is 1.88 bits per heavy atom. The number of imidazole rings is 1. The van der Waals surface area contributed by atoms with Crippen molar-refractivity contribution in [2.45, 2.75) is 71.5 Å². The molecule has 9 nitrogen and oxygen atoms in total.